The van der Waals surface area contributed by atoms with Crippen LogP contribution >= 0.6 is 23.2 Å². The van der Waals surface area contributed by atoms with Gasteiger partial charge in [0, 0.05) is 16.3 Å². The van der Waals surface area contributed by atoms with Crippen LogP contribution in [-0.2, 0) is 4.79 Å². The first-order valence-electron chi connectivity index (χ1n) is 9.84. The summed E-state index contributed by atoms with van der Waals surface area (Å²) in [5.41, 5.74) is 3.06. The Hall–Kier alpha value is -3.28. The summed E-state index contributed by atoms with van der Waals surface area (Å²) in [7, 11) is 0. The lowest BCUT2D eigenvalue weighted by Crippen LogP contribution is -2.23. The lowest BCUT2D eigenvalue weighted by molar-refractivity contribution is -0.118. The predicted octanol–water partition coefficient (Wildman–Crippen LogP) is 6.40. The van der Waals surface area contributed by atoms with Gasteiger partial charge < -0.3 is 14.5 Å². The van der Waals surface area contributed by atoms with E-state index < -0.39 is 11.3 Å². The van der Waals surface area contributed by atoms with Crippen LogP contribution < -0.4 is 15.5 Å². The van der Waals surface area contributed by atoms with Gasteiger partial charge in [0.05, 0.1) is 10.4 Å². The molecular weight excluding hydrogens is 449 g/mol. The SMILES string of the molecule is Cc1ccc(NC(=O)COc2c(-c3ccccc3Cl)oc3ccc(Cl)cc3c2=O)c(C)c1. The Bertz CT molecular complexity index is 1390. The number of halogens is 2. The first-order valence-corrected chi connectivity index (χ1v) is 10.6. The Morgan fingerprint density at radius 1 is 1.03 bits per heavy atom. The van der Waals surface area contributed by atoms with E-state index in [0.717, 1.165) is 11.1 Å². The largest absolute Gasteiger partial charge is 0.476 e. The van der Waals surface area contributed by atoms with Crippen LogP contribution in [0.5, 0.6) is 5.75 Å². The molecule has 1 N–H and O–H groups in total. The topological polar surface area (TPSA) is 68.5 Å². The second kappa shape index (κ2) is 9.07. The van der Waals surface area contributed by atoms with Gasteiger partial charge in [-0.15, -0.1) is 0 Å². The standard InChI is InChI=1S/C25H19Cl2NO4/c1-14-7-9-20(15(2)11-14)28-22(29)13-31-25-23(30)18-12-16(26)8-10-21(18)32-24(25)17-5-3-4-6-19(17)27/h3-12H,13H2,1-2H3,(H,28,29). The Kier molecular flexibility index (Phi) is 6.21. The molecule has 1 heterocycles. The van der Waals surface area contributed by atoms with Crippen molar-refractivity contribution in [1.82, 2.24) is 0 Å². The molecule has 0 fully saturated rings. The number of anilines is 1. The second-order valence-electron chi connectivity index (χ2n) is 7.36. The third-order valence-corrected chi connectivity index (χ3v) is 5.50. The Morgan fingerprint density at radius 2 is 1.81 bits per heavy atom. The van der Waals surface area contributed by atoms with Crippen molar-refractivity contribution in [1.29, 1.82) is 0 Å². The minimum Gasteiger partial charge on any atom is -0.476 e. The first kappa shape index (κ1) is 21.9. The number of hydrogen-bond acceptors (Lipinski definition) is 4. The molecular formula is C25H19Cl2NO4. The summed E-state index contributed by atoms with van der Waals surface area (Å²) in [6.07, 6.45) is 0. The zero-order valence-electron chi connectivity index (χ0n) is 17.4. The van der Waals surface area contributed by atoms with E-state index in [2.05, 4.69) is 5.32 Å². The molecule has 0 saturated heterocycles. The normalized spacial score (nSPS) is 10.9. The number of rotatable bonds is 5. The maximum Gasteiger partial charge on any atom is 0.262 e. The zero-order chi connectivity index (χ0) is 22.8. The molecule has 0 spiro atoms. The van der Waals surface area contributed by atoms with Crippen molar-refractivity contribution in [3.8, 4) is 17.1 Å². The minimum atomic E-state index is -0.442. The number of carbonyl (C=O) groups excluding carboxylic acids is 1. The molecule has 4 rings (SSSR count). The van der Waals surface area contributed by atoms with Gasteiger partial charge in [0.2, 0.25) is 11.2 Å². The van der Waals surface area contributed by atoms with Gasteiger partial charge in [0.25, 0.3) is 5.91 Å². The molecule has 0 aliphatic carbocycles. The summed E-state index contributed by atoms with van der Waals surface area (Å²) in [5, 5.41) is 3.81. The number of amides is 1. The predicted molar refractivity (Wildman–Crippen MR) is 128 cm³/mol. The fraction of sp³-hybridized carbons (Fsp3) is 0.120. The van der Waals surface area contributed by atoms with Crippen LogP contribution in [0.4, 0.5) is 5.69 Å². The zero-order valence-corrected chi connectivity index (χ0v) is 18.9. The van der Waals surface area contributed by atoms with E-state index in [4.69, 9.17) is 32.4 Å². The molecule has 7 heteroatoms. The molecule has 1 amide bonds. The van der Waals surface area contributed by atoms with Crippen LogP contribution in [0.25, 0.3) is 22.3 Å². The van der Waals surface area contributed by atoms with Crippen LogP contribution in [0.3, 0.4) is 0 Å². The Labute approximate surface area is 194 Å². The molecule has 0 atom stereocenters. The molecule has 0 aliphatic rings. The number of benzene rings is 3. The molecule has 3 aromatic carbocycles. The highest BCUT2D eigenvalue weighted by Crippen LogP contribution is 2.35. The molecule has 0 unspecified atom stereocenters. The number of carbonyl (C=O) groups is 1. The number of hydrogen-bond donors (Lipinski definition) is 1. The molecule has 0 radical (unpaired) electrons. The summed E-state index contributed by atoms with van der Waals surface area (Å²) >= 11 is 12.4. The molecule has 0 saturated carbocycles. The first-order chi connectivity index (χ1) is 15.3. The molecule has 4 aromatic rings. The molecule has 0 bridgehead atoms. The molecule has 0 aliphatic heterocycles. The molecule has 5 nitrogen and oxygen atoms in total. The summed E-state index contributed by atoms with van der Waals surface area (Å²) in [6.45, 7) is 3.49. The Morgan fingerprint density at radius 3 is 2.56 bits per heavy atom. The van der Waals surface area contributed by atoms with Crippen molar-refractivity contribution in [2.45, 2.75) is 13.8 Å². The van der Waals surface area contributed by atoms with Crippen LogP contribution in [0.2, 0.25) is 10.0 Å². The monoisotopic (exact) mass is 467 g/mol. The van der Waals surface area contributed by atoms with Gasteiger partial charge in [-0.2, -0.15) is 0 Å². The van der Waals surface area contributed by atoms with E-state index in [1.165, 1.54) is 6.07 Å². The van der Waals surface area contributed by atoms with E-state index >= 15 is 0 Å². The van der Waals surface area contributed by atoms with Gasteiger partial charge in [0.1, 0.15) is 5.58 Å². The van der Waals surface area contributed by atoms with Gasteiger partial charge in [-0.1, -0.05) is 53.0 Å². The highest BCUT2D eigenvalue weighted by atomic mass is 35.5. The third-order valence-electron chi connectivity index (χ3n) is 4.93. The van der Waals surface area contributed by atoms with E-state index in [0.29, 0.717) is 26.9 Å². The lowest BCUT2D eigenvalue weighted by Gasteiger charge is -2.13. The maximum atomic E-state index is 13.2. The van der Waals surface area contributed by atoms with Crippen molar-refractivity contribution < 1.29 is 13.9 Å². The summed E-state index contributed by atoms with van der Waals surface area (Å²) in [6, 6.07) is 17.4. The fourth-order valence-corrected chi connectivity index (χ4v) is 3.78. The summed E-state index contributed by atoms with van der Waals surface area (Å²) in [4.78, 5) is 25.8. The van der Waals surface area contributed by atoms with Crippen molar-refractivity contribution >= 4 is 45.8 Å². The number of ether oxygens (including phenoxy) is 1. The van der Waals surface area contributed by atoms with Gasteiger partial charge in [0.15, 0.2) is 12.4 Å². The van der Waals surface area contributed by atoms with Gasteiger partial charge in [-0.25, -0.2) is 0 Å². The third kappa shape index (κ3) is 4.49. The van der Waals surface area contributed by atoms with E-state index in [-0.39, 0.29) is 23.5 Å². The van der Waals surface area contributed by atoms with Crippen LogP contribution in [-0.4, -0.2) is 12.5 Å². The summed E-state index contributed by atoms with van der Waals surface area (Å²) in [5.74, 6) is -0.369. The average Bonchev–Trinajstić information content (AvgIpc) is 2.76. The Balaban J connectivity index is 1.71. The van der Waals surface area contributed by atoms with Crippen LogP contribution in [0, 0.1) is 13.8 Å². The molecule has 32 heavy (non-hydrogen) atoms. The highest BCUT2D eigenvalue weighted by Gasteiger charge is 2.21. The lowest BCUT2D eigenvalue weighted by atomic mass is 10.1. The van der Waals surface area contributed by atoms with Crippen LogP contribution in [0.1, 0.15) is 11.1 Å². The average molecular weight is 468 g/mol. The highest BCUT2D eigenvalue weighted by molar-refractivity contribution is 6.33. The fourth-order valence-electron chi connectivity index (χ4n) is 3.38. The van der Waals surface area contributed by atoms with Gasteiger partial charge >= 0.3 is 0 Å². The maximum absolute atomic E-state index is 13.2. The van der Waals surface area contributed by atoms with E-state index in [1.54, 1.807) is 36.4 Å². The van der Waals surface area contributed by atoms with Crippen molar-refractivity contribution in [2.75, 3.05) is 11.9 Å². The number of aryl methyl sites for hydroxylation is 2. The van der Waals surface area contributed by atoms with Crippen molar-refractivity contribution in [3.63, 3.8) is 0 Å². The molecule has 162 valence electrons. The van der Waals surface area contributed by atoms with E-state index in [1.807, 2.05) is 32.0 Å². The van der Waals surface area contributed by atoms with Gasteiger partial charge in [-0.05, 0) is 55.8 Å². The quantitative estimate of drug-likeness (QED) is 0.368. The van der Waals surface area contributed by atoms with Crippen LogP contribution in [0.15, 0.2) is 69.9 Å². The number of nitrogens with one attached hydrogen (secondary N) is 1. The van der Waals surface area contributed by atoms with E-state index in [9.17, 15) is 9.59 Å². The minimum absolute atomic E-state index is 0.108. The summed E-state index contributed by atoms with van der Waals surface area (Å²) < 4.78 is 11.7. The second-order valence-corrected chi connectivity index (χ2v) is 8.21. The molecule has 1 aromatic heterocycles. The number of fused-ring (bicyclic) bond motifs is 1. The smallest absolute Gasteiger partial charge is 0.262 e. The van der Waals surface area contributed by atoms with Crippen molar-refractivity contribution in [3.05, 3.63) is 92.1 Å². The van der Waals surface area contributed by atoms with Gasteiger partial charge in [-0.3, -0.25) is 9.59 Å². The van der Waals surface area contributed by atoms with Crippen molar-refractivity contribution in [2.24, 2.45) is 0 Å².